The van der Waals surface area contributed by atoms with Crippen molar-refractivity contribution >= 4 is 40.4 Å². The number of carbonyl (C=O) groups excluding carboxylic acids is 3. The number of nitrogens with zero attached hydrogens (tertiary/aromatic N) is 1. The maximum absolute atomic E-state index is 12.8. The topological polar surface area (TPSA) is 78.5 Å². The van der Waals surface area contributed by atoms with Gasteiger partial charge in [0.05, 0.1) is 4.88 Å². The van der Waals surface area contributed by atoms with Crippen LogP contribution in [0, 0.1) is 0 Å². The standard InChI is InChI=1S/C19H19N3O3S/c23-17(20-13-7-8-13)18(24)21-14-6-5-12-3-1-9-22(15(12)11-14)19(25)16-4-2-10-26-16/h2,4-6,10-11,13H,1,3,7-9H2,(H,20,23)(H,21,24). The molecule has 2 N–H and O–H groups in total. The molecule has 6 nitrogen and oxygen atoms in total. The van der Waals surface area contributed by atoms with Crippen molar-refractivity contribution < 1.29 is 14.4 Å². The molecule has 0 bridgehead atoms. The monoisotopic (exact) mass is 369 g/mol. The highest BCUT2D eigenvalue weighted by atomic mass is 32.1. The van der Waals surface area contributed by atoms with E-state index in [-0.39, 0.29) is 11.9 Å². The number of benzene rings is 1. The Morgan fingerprint density at radius 2 is 1.96 bits per heavy atom. The van der Waals surface area contributed by atoms with E-state index in [9.17, 15) is 14.4 Å². The van der Waals surface area contributed by atoms with E-state index in [0.717, 1.165) is 36.9 Å². The third-order valence-corrected chi connectivity index (χ3v) is 5.42. The van der Waals surface area contributed by atoms with Crippen molar-refractivity contribution in [3.05, 3.63) is 46.2 Å². The minimum atomic E-state index is -0.677. The highest BCUT2D eigenvalue weighted by Crippen LogP contribution is 2.32. The van der Waals surface area contributed by atoms with Gasteiger partial charge in [0.1, 0.15) is 0 Å². The van der Waals surface area contributed by atoms with Crippen LogP contribution in [0.4, 0.5) is 11.4 Å². The predicted molar refractivity (Wildman–Crippen MR) is 101 cm³/mol. The van der Waals surface area contributed by atoms with Gasteiger partial charge in [0.25, 0.3) is 5.91 Å². The Kier molecular flexibility index (Phi) is 4.46. The molecule has 2 aromatic rings. The Morgan fingerprint density at radius 1 is 1.12 bits per heavy atom. The summed E-state index contributed by atoms with van der Waals surface area (Å²) < 4.78 is 0. The van der Waals surface area contributed by atoms with E-state index < -0.39 is 11.8 Å². The largest absolute Gasteiger partial charge is 0.345 e. The third-order valence-electron chi connectivity index (χ3n) is 4.56. The first-order chi connectivity index (χ1) is 12.6. The molecule has 1 fully saturated rings. The van der Waals surface area contributed by atoms with E-state index in [1.807, 2.05) is 23.6 Å². The molecule has 1 aromatic carbocycles. The number of fused-ring (bicyclic) bond motifs is 1. The number of aryl methyl sites for hydroxylation is 1. The van der Waals surface area contributed by atoms with Crippen molar-refractivity contribution in [1.29, 1.82) is 0 Å². The quantitative estimate of drug-likeness (QED) is 0.816. The summed E-state index contributed by atoms with van der Waals surface area (Å²) in [4.78, 5) is 39.1. The summed E-state index contributed by atoms with van der Waals surface area (Å²) >= 11 is 1.42. The fourth-order valence-corrected chi connectivity index (χ4v) is 3.73. The van der Waals surface area contributed by atoms with Gasteiger partial charge in [0.2, 0.25) is 0 Å². The number of nitrogens with one attached hydrogen (secondary N) is 2. The Hall–Kier alpha value is -2.67. The number of thiophene rings is 1. The van der Waals surface area contributed by atoms with Crippen LogP contribution in [0.5, 0.6) is 0 Å². The van der Waals surface area contributed by atoms with Gasteiger partial charge in [0.15, 0.2) is 0 Å². The number of hydrogen-bond donors (Lipinski definition) is 2. The van der Waals surface area contributed by atoms with Crippen molar-refractivity contribution in [2.45, 2.75) is 31.7 Å². The molecule has 0 saturated heterocycles. The fraction of sp³-hybridized carbons (Fsp3) is 0.316. The normalized spacial score (nSPS) is 15.9. The molecule has 134 valence electrons. The summed E-state index contributed by atoms with van der Waals surface area (Å²) in [6, 6.07) is 9.28. The molecule has 1 saturated carbocycles. The molecule has 0 spiro atoms. The van der Waals surface area contributed by atoms with Crippen LogP contribution in [0.2, 0.25) is 0 Å². The van der Waals surface area contributed by atoms with Crippen LogP contribution < -0.4 is 15.5 Å². The van der Waals surface area contributed by atoms with Gasteiger partial charge in [-0.25, -0.2) is 0 Å². The molecule has 0 unspecified atom stereocenters. The molecule has 0 radical (unpaired) electrons. The molecule has 2 heterocycles. The zero-order valence-corrected chi connectivity index (χ0v) is 15.0. The van der Waals surface area contributed by atoms with Crippen LogP contribution in [0.1, 0.15) is 34.5 Å². The molecule has 1 aliphatic heterocycles. The van der Waals surface area contributed by atoms with E-state index in [0.29, 0.717) is 17.1 Å². The van der Waals surface area contributed by atoms with Gasteiger partial charge in [-0.3, -0.25) is 14.4 Å². The lowest BCUT2D eigenvalue weighted by Crippen LogP contribution is -2.37. The lowest BCUT2D eigenvalue weighted by molar-refractivity contribution is -0.136. The molecular formula is C19H19N3O3S. The highest BCUT2D eigenvalue weighted by molar-refractivity contribution is 7.12. The molecule has 7 heteroatoms. The zero-order chi connectivity index (χ0) is 18.1. The van der Waals surface area contributed by atoms with E-state index >= 15 is 0 Å². The summed E-state index contributed by atoms with van der Waals surface area (Å²) in [5.74, 6) is -1.32. The summed E-state index contributed by atoms with van der Waals surface area (Å²) in [7, 11) is 0. The summed E-state index contributed by atoms with van der Waals surface area (Å²) in [5, 5.41) is 7.18. The van der Waals surface area contributed by atoms with E-state index in [1.165, 1.54) is 11.3 Å². The van der Waals surface area contributed by atoms with Crippen LogP contribution in [0.3, 0.4) is 0 Å². The Balaban J connectivity index is 1.54. The van der Waals surface area contributed by atoms with E-state index in [2.05, 4.69) is 10.6 Å². The molecule has 3 amide bonds. The number of rotatable bonds is 3. The minimum Gasteiger partial charge on any atom is -0.345 e. The molecule has 1 aliphatic carbocycles. The van der Waals surface area contributed by atoms with Gasteiger partial charge in [-0.1, -0.05) is 12.1 Å². The van der Waals surface area contributed by atoms with Gasteiger partial charge in [-0.2, -0.15) is 0 Å². The summed E-state index contributed by atoms with van der Waals surface area (Å²) in [6.07, 6.45) is 3.65. The molecule has 2 aliphatic rings. The van der Waals surface area contributed by atoms with Gasteiger partial charge in [0, 0.05) is 24.0 Å². The predicted octanol–water partition coefficient (Wildman–Crippen LogP) is 2.56. The molecule has 1 aromatic heterocycles. The van der Waals surface area contributed by atoms with Gasteiger partial charge in [-0.15, -0.1) is 11.3 Å². The average Bonchev–Trinajstić information content (AvgIpc) is 3.29. The van der Waals surface area contributed by atoms with Gasteiger partial charge >= 0.3 is 11.8 Å². The number of carbonyl (C=O) groups is 3. The van der Waals surface area contributed by atoms with Crippen molar-refractivity contribution in [1.82, 2.24) is 5.32 Å². The zero-order valence-electron chi connectivity index (χ0n) is 14.2. The second-order valence-electron chi connectivity index (χ2n) is 6.58. The van der Waals surface area contributed by atoms with Crippen molar-refractivity contribution in [3.63, 3.8) is 0 Å². The van der Waals surface area contributed by atoms with E-state index in [1.54, 1.807) is 17.0 Å². The third kappa shape index (κ3) is 3.48. The highest BCUT2D eigenvalue weighted by Gasteiger charge is 2.27. The van der Waals surface area contributed by atoms with Crippen LogP contribution in [-0.4, -0.2) is 30.3 Å². The number of anilines is 2. The molecule has 0 atom stereocenters. The Morgan fingerprint density at radius 3 is 2.69 bits per heavy atom. The van der Waals surface area contributed by atoms with Crippen LogP contribution >= 0.6 is 11.3 Å². The summed E-state index contributed by atoms with van der Waals surface area (Å²) in [6.45, 7) is 0.642. The average molecular weight is 369 g/mol. The second-order valence-corrected chi connectivity index (χ2v) is 7.53. The number of amides is 3. The maximum atomic E-state index is 12.8. The smallest absolute Gasteiger partial charge is 0.313 e. The van der Waals surface area contributed by atoms with Crippen molar-refractivity contribution in [3.8, 4) is 0 Å². The summed E-state index contributed by atoms with van der Waals surface area (Å²) in [5.41, 5.74) is 2.39. The van der Waals surface area contributed by atoms with Gasteiger partial charge < -0.3 is 15.5 Å². The lowest BCUT2D eigenvalue weighted by Gasteiger charge is -2.29. The lowest BCUT2D eigenvalue weighted by atomic mass is 10.0. The number of hydrogen-bond acceptors (Lipinski definition) is 4. The van der Waals surface area contributed by atoms with Crippen LogP contribution in [0.25, 0.3) is 0 Å². The fourth-order valence-electron chi connectivity index (χ4n) is 3.06. The first-order valence-electron chi connectivity index (χ1n) is 8.72. The van der Waals surface area contributed by atoms with Gasteiger partial charge in [-0.05, 0) is 54.8 Å². The second kappa shape index (κ2) is 6.92. The van der Waals surface area contributed by atoms with Crippen LogP contribution in [-0.2, 0) is 16.0 Å². The Bertz CT molecular complexity index is 859. The SMILES string of the molecule is O=C(Nc1ccc2c(c1)N(C(=O)c1cccs1)CCC2)C(=O)NC1CC1. The van der Waals surface area contributed by atoms with Crippen LogP contribution in [0.15, 0.2) is 35.7 Å². The molecule has 4 rings (SSSR count). The van der Waals surface area contributed by atoms with Crippen molar-refractivity contribution in [2.24, 2.45) is 0 Å². The first kappa shape index (κ1) is 16.8. The van der Waals surface area contributed by atoms with E-state index in [4.69, 9.17) is 0 Å². The minimum absolute atomic E-state index is 0.0316. The maximum Gasteiger partial charge on any atom is 0.313 e. The molecular weight excluding hydrogens is 350 g/mol. The van der Waals surface area contributed by atoms with Crippen molar-refractivity contribution in [2.75, 3.05) is 16.8 Å². The first-order valence-corrected chi connectivity index (χ1v) is 9.60. The molecule has 26 heavy (non-hydrogen) atoms. The Labute approximate surface area is 155 Å².